The molecule has 0 saturated heterocycles. The van der Waals surface area contributed by atoms with Crippen LogP contribution in [0.15, 0.2) is 6.07 Å². The Morgan fingerprint density at radius 2 is 2.06 bits per heavy atom. The SMILES string of the molecule is CCNc1c2cc(O)c(CC)c1OS(=O)(=O)O2. The van der Waals surface area contributed by atoms with Crippen LogP contribution in [-0.2, 0) is 16.8 Å². The van der Waals surface area contributed by atoms with Crippen LogP contribution in [0, 0.1) is 0 Å². The van der Waals surface area contributed by atoms with Crippen molar-refractivity contribution in [3.63, 3.8) is 0 Å². The Balaban J connectivity index is 2.67. The molecule has 0 radical (unpaired) electrons. The second-order valence-corrected chi connectivity index (χ2v) is 4.69. The highest BCUT2D eigenvalue weighted by Gasteiger charge is 2.32. The van der Waals surface area contributed by atoms with Crippen molar-refractivity contribution in [1.82, 2.24) is 0 Å². The maximum atomic E-state index is 11.3. The van der Waals surface area contributed by atoms with E-state index in [1.807, 2.05) is 6.92 Å². The highest BCUT2D eigenvalue weighted by Crippen LogP contribution is 2.47. The summed E-state index contributed by atoms with van der Waals surface area (Å²) < 4.78 is 32.1. The van der Waals surface area contributed by atoms with Crippen LogP contribution >= 0.6 is 0 Å². The second-order valence-electron chi connectivity index (χ2n) is 3.54. The molecule has 94 valence electrons. The molecule has 1 aromatic carbocycles. The van der Waals surface area contributed by atoms with Crippen molar-refractivity contribution in [3.8, 4) is 17.2 Å². The van der Waals surface area contributed by atoms with E-state index in [1.54, 1.807) is 6.92 Å². The largest absolute Gasteiger partial charge is 0.507 e. The van der Waals surface area contributed by atoms with E-state index in [-0.39, 0.29) is 17.2 Å². The number of fused-ring (bicyclic) bond motifs is 2. The van der Waals surface area contributed by atoms with E-state index in [0.29, 0.717) is 24.2 Å². The molecule has 17 heavy (non-hydrogen) atoms. The van der Waals surface area contributed by atoms with Crippen molar-refractivity contribution >= 4 is 16.1 Å². The molecule has 0 aliphatic carbocycles. The summed E-state index contributed by atoms with van der Waals surface area (Å²) in [5, 5.41) is 12.7. The molecule has 0 amide bonds. The molecule has 0 saturated carbocycles. The summed E-state index contributed by atoms with van der Waals surface area (Å²) in [6, 6.07) is 1.28. The first kappa shape index (κ1) is 11.8. The lowest BCUT2D eigenvalue weighted by molar-refractivity contribution is 0.372. The molecule has 2 rings (SSSR count). The van der Waals surface area contributed by atoms with E-state index < -0.39 is 10.4 Å². The van der Waals surface area contributed by atoms with Gasteiger partial charge < -0.3 is 18.8 Å². The Labute approximate surface area is 99.5 Å². The topological polar surface area (TPSA) is 84.9 Å². The molecule has 0 fully saturated rings. The Morgan fingerprint density at radius 1 is 1.35 bits per heavy atom. The highest BCUT2D eigenvalue weighted by molar-refractivity contribution is 7.82. The maximum absolute atomic E-state index is 11.3. The minimum atomic E-state index is -4.07. The average molecular weight is 259 g/mol. The quantitative estimate of drug-likeness (QED) is 0.798. The summed E-state index contributed by atoms with van der Waals surface area (Å²) >= 11 is 0. The lowest BCUT2D eigenvalue weighted by Crippen LogP contribution is -2.23. The summed E-state index contributed by atoms with van der Waals surface area (Å²) in [6.45, 7) is 4.25. The molecule has 2 bridgehead atoms. The number of benzene rings is 1. The average Bonchev–Trinajstić information content (AvgIpc) is 2.21. The Hall–Kier alpha value is -1.63. The van der Waals surface area contributed by atoms with E-state index in [9.17, 15) is 13.5 Å². The van der Waals surface area contributed by atoms with Crippen molar-refractivity contribution in [2.45, 2.75) is 20.3 Å². The van der Waals surface area contributed by atoms with E-state index in [4.69, 9.17) is 4.18 Å². The van der Waals surface area contributed by atoms with Gasteiger partial charge in [-0.3, -0.25) is 0 Å². The van der Waals surface area contributed by atoms with Gasteiger partial charge in [-0.1, -0.05) is 6.92 Å². The summed E-state index contributed by atoms with van der Waals surface area (Å²) in [7, 11) is -4.07. The second kappa shape index (κ2) is 3.99. The molecule has 1 heterocycles. The standard InChI is InChI=1S/C10H13NO5S/c1-3-6-7(12)5-8-9(11-4-2)10(6)16-17(13,14)15-8/h5,11-12H,3-4H2,1-2H3. The number of aromatic hydroxyl groups is 1. The number of phenolic OH excluding ortho intramolecular Hbond substituents is 1. The monoisotopic (exact) mass is 259 g/mol. The molecule has 0 aromatic heterocycles. The zero-order valence-corrected chi connectivity index (χ0v) is 10.3. The van der Waals surface area contributed by atoms with Gasteiger partial charge in [-0.25, -0.2) is 0 Å². The zero-order valence-electron chi connectivity index (χ0n) is 9.48. The van der Waals surface area contributed by atoms with Gasteiger partial charge in [0.05, 0.1) is 0 Å². The van der Waals surface area contributed by atoms with Gasteiger partial charge in [0.1, 0.15) is 11.4 Å². The lowest BCUT2D eigenvalue weighted by Gasteiger charge is -2.23. The molecule has 7 heteroatoms. The predicted molar refractivity (Wildman–Crippen MR) is 61.8 cm³/mol. The van der Waals surface area contributed by atoms with Crippen LogP contribution in [0.4, 0.5) is 5.69 Å². The fraction of sp³-hybridized carbons (Fsp3) is 0.400. The van der Waals surface area contributed by atoms with E-state index >= 15 is 0 Å². The van der Waals surface area contributed by atoms with Gasteiger partial charge in [0, 0.05) is 18.2 Å². The van der Waals surface area contributed by atoms with Crippen molar-refractivity contribution < 1.29 is 21.9 Å². The van der Waals surface area contributed by atoms with Crippen molar-refractivity contribution in [1.29, 1.82) is 0 Å². The van der Waals surface area contributed by atoms with E-state index in [1.165, 1.54) is 6.07 Å². The predicted octanol–water partition coefficient (Wildman–Crippen LogP) is 1.40. The molecule has 2 N–H and O–H groups in total. The van der Waals surface area contributed by atoms with Gasteiger partial charge in [0.15, 0.2) is 11.5 Å². The highest BCUT2D eigenvalue weighted by atomic mass is 32.3. The molecule has 0 spiro atoms. The number of anilines is 1. The van der Waals surface area contributed by atoms with E-state index in [2.05, 4.69) is 9.50 Å². The summed E-state index contributed by atoms with van der Waals surface area (Å²) in [5.74, 6) is 0.146. The Bertz CT molecular complexity index is 552. The van der Waals surface area contributed by atoms with Crippen LogP contribution in [0.1, 0.15) is 19.4 Å². The van der Waals surface area contributed by atoms with Gasteiger partial charge in [-0.05, 0) is 13.3 Å². The number of hydrogen-bond donors (Lipinski definition) is 2. The van der Waals surface area contributed by atoms with Crippen LogP contribution in [0.2, 0.25) is 0 Å². The lowest BCUT2D eigenvalue weighted by atomic mass is 10.1. The normalized spacial score (nSPS) is 15.9. The maximum Gasteiger partial charge on any atom is 0.501 e. The molecule has 0 atom stereocenters. The number of phenols is 1. The molecule has 1 aliphatic heterocycles. The fourth-order valence-corrected chi connectivity index (χ4v) is 2.51. The summed E-state index contributed by atoms with van der Waals surface area (Å²) in [4.78, 5) is 0. The van der Waals surface area contributed by atoms with Gasteiger partial charge in [0.2, 0.25) is 0 Å². The molecular weight excluding hydrogens is 246 g/mol. The summed E-state index contributed by atoms with van der Waals surface area (Å²) in [6.07, 6.45) is 0.454. The first-order valence-electron chi connectivity index (χ1n) is 5.25. The van der Waals surface area contributed by atoms with Crippen LogP contribution in [0.25, 0.3) is 0 Å². The third-order valence-corrected chi connectivity index (χ3v) is 3.16. The van der Waals surface area contributed by atoms with Gasteiger partial charge in [-0.2, -0.15) is 0 Å². The number of hydrogen-bond acceptors (Lipinski definition) is 6. The van der Waals surface area contributed by atoms with Gasteiger partial charge >= 0.3 is 10.4 Å². The molecule has 1 aromatic rings. The third kappa shape index (κ3) is 1.97. The third-order valence-electron chi connectivity index (χ3n) is 2.41. The fourth-order valence-electron chi connectivity index (χ4n) is 1.74. The van der Waals surface area contributed by atoms with Gasteiger partial charge in [0.25, 0.3) is 0 Å². The van der Waals surface area contributed by atoms with Crippen molar-refractivity contribution in [2.24, 2.45) is 0 Å². The van der Waals surface area contributed by atoms with Crippen molar-refractivity contribution in [2.75, 3.05) is 11.9 Å². The first-order chi connectivity index (χ1) is 7.98. The Kier molecular flexibility index (Phi) is 2.78. The molecule has 6 nitrogen and oxygen atoms in total. The number of nitrogens with one attached hydrogen (secondary N) is 1. The molecule has 0 unspecified atom stereocenters. The van der Waals surface area contributed by atoms with Crippen LogP contribution in [0.3, 0.4) is 0 Å². The number of rotatable bonds is 3. The summed E-state index contributed by atoms with van der Waals surface area (Å²) in [5.41, 5.74) is 0.897. The molecule has 1 aliphatic rings. The minimum absolute atomic E-state index is 0.0333. The van der Waals surface area contributed by atoms with Gasteiger partial charge in [-0.15, -0.1) is 8.42 Å². The smallest absolute Gasteiger partial charge is 0.501 e. The first-order valence-corrected chi connectivity index (χ1v) is 6.58. The molecular formula is C10H13NO5S. The minimum Gasteiger partial charge on any atom is -0.507 e. The Morgan fingerprint density at radius 3 is 2.65 bits per heavy atom. The van der Waals surface area contributed by atoms with Crippen LogP contribution in [0.5, 0.6) is 17.2 Å². The van der Waals surface area contributed by atoms with Crippen LogP contribution < -0.4 is 13.7 Å². The van der Waals surface area contributed by atoms with E-state index in [0.717, 1.165) is 0 Å². The van der Waals surface area contributed by atoms with Crippen LogP contribution in [-0.4, -0.2) is 20.1 Å². The zero-order chi connectivity index (χ0) is 12.6. The van der Waals surface area contributed by atoms with Crippen molar-refractivity contribution in [3.05, 3.63) is 11.6 Å².